The largest absolute Gasteiger partial charge is 0.488 e. The highest BCUT2D eigenvalue weighted by Crippen LogP contribution is 2.31. The first-order chi connectivity index (χ1) is 17.5. The summed E-state index contributed by atoms with van der Waals surface area (Å²) in [5, 5.41) is 3.68. The molecular weight excluding hydrogens is 458 g/mol. The van der Waals surface area contributed by atoms with Gasteiger partial charge in [-0.1, -0.05) is 54.1 Å². The Balaban J connectivity index is 1.53. The van der Waals surface area contributed by atoms with Crippen molar-refractivity contribution in [1.29, 1.82) is 0 Å². The van der Waals surface area contributed by atoms with E-state index in [1.165, 1.54) is 18.2 Å². The van der Waals surface area contributed by atoms with Crippen molar-refractivity contribution >= 4 is 22.5 Å². The van der Waals surface area contributed by atoms with Crippen molar-refractivity contribution in [2.75, 3.05) is 5.32 Å². The van der Waals surface area contributed by atoms with Crippen LogP contribution in [0.15, 0.2) is 97.1 Å². The molecule has 180 valence electrons. The number of aryl methyl sites for hydroxylation is 1. The van der Waals surface area contributed by atoms with E-state index in [1.807, 2.05) is 47.9 Å². The fourth-order valence-electron chi connectivity index (χ4n) is 4.12. The maximum absolute atomic E-state index is 14.1. The number of anilines is 1. The third kappa shape index (κ3) is 4.98. The SMILES string of the molecule is Cc1ccc(NC(=O)c2cc3c(OCc4ccccc4F)cccc3n2Cc2ccc(F)cc2)cc1. The van der Waals surface area contributed by atoms with Crippen LogP contribution in [0.4, 0.5) is 14.5 Å². The molecule has 0 saturated carbocycles. The molecule has 1 N–H and O–H groups in total. The van der Waals surface area contributed by atoms with Crippen molar-refractivity contribution in [2.24, 2.45) is 0 Å². The van der Waals surface area contributed by atoms with Crippen molar-refractivity contribution < 1.29 is 18.3 Å². The van der Waals surface area contributed by atoms with Gasteiger partial charge in [0.25, 0.3) is 5.91 Å². The standard InChI is InChI=1S/C30H24F2N2O2/c1-20-9-15-24(16-10-20)33-30(35)28-17-25-27(34(28)18-21-11-13-23(31)14-12-21)7-4-8-29(25)36-19-22-5-2-3-6-26(22)32/h2-17H,18-19H2,1H3,(H,33,35). The van der Waals surface area contributed by atoms with Gasteiger partial charge in [-0.15, -0.1) is 0 Å². The van der Waals surface area contributed by atoms with Gasteiger partial charge in [-0.25, -0.2) is 8.78 Å². The fraction of sp³-hybridized carbons (Fsp3) is 0.100. The van der Waals surface area contributed by atoms with E-state index in [0.717, 1.165) is 22.0 Å². The molecule has 6 heteroatoms. The van der Waals surface area contributed by atoms with Crippen molar-refractivity contribution in [3.8, 4) is 5.75 Å². The Morgan fingerprint density at radius 2 is 1.64 bits per heavy atom. The molecule has 36 heavy (non-hydrogen) atoms. The third-order valence-electron chi connectivity index (χ3n) is 6.04. The predicted molar refractivity (Wildman–Crippen MR) is 137 cm³/mol. The van der Waals surface area contributed by atoms with Crippen molar-refractivity contribution in [2.45, 2.75) is 20.1 Å². The normalized spacial score (nSPS) is 11.0. The summed E-state index contributed by atoms with van der Waals surface area (Å²) in [6.45, 7) is 2.39. The van der Waals surface area contributed by atoms with Gasteiger partial charge in [0, 0.05) is 23.2 Å². The van der Waals surface area contributed by atoms with Crippen LogP contribution >= 0.6 is 0 Å². The minimum atomic E-state index is -0.336. The average molecular weight is 483 g/mol. The fourth-order valence-corrected chi connectivity index (χ4v) is 4.12. The lowest BCUT2D eigenvalue weighted by Crippen LogP contribution is -2.17. The zero-order valence-corrected chi connectivity index (χ0v) is 19.7. The molecule has 5 rings (SSSR count). The molecule has 0 atom stereocenters. The second kappa shape index (κ2) is 10.0. The van der Waals surface area contributed by atoms with Crippen LogP contribution in [0.5, 0.6) is 5.75 Å². The summed E-state index contributed by atoms with van der Waals surface area (Å²) < 4.78 is 35.5. The molecule has 0 fully saturated rings. The number of ether oxygens (including phenoxy) is 1. The Morgan fingerprint density at radius 3 is 2.39 bits per heavy atom. The molecule has 5 aromatic rings. The van der Waals surface area contributed by atoms with Crippen LogP contribution in [0, 0.1) is 18.6 Å². The zero-order valence-electron chi connectivity index (χ0n) is 19.7. The van der Waals surface area contributed by atoms with Gasteiger partial charge in [0.05, 0.1) is 5.52 Å². The van der Waals surface area contributed by atoms with Crippen LogP contribution in [0.3, 0.4) is 0 Å². The molecule has 1 aromatic heterocycles. The summed E-state index contributed by atoms with van der Waals surface area (Å²) in [6, 6.07) is 27.5. The topological polar surface area (TPSA) is 43.3 Å². The van der Waals surface area contributed by atoms with E-state index in [4.69, 9.17) is 4.74 Å². The number of aromatic nitrogens is 1. The van der Waals surface area contributed by atoms with Crippen LogP contribution < -0.4 is 10.1 Å². The number of hydrogen-bond donors (Lipinski definition) is 1. The Hall–Kier alpha value is -4.45. The highest BCUT2D eigenvalue weighted by atomic mass is 19.1. The quantitative estimate of drug-likeness (QED) is 0.269. The molecule has 4 nitrogen and oxygen atoms in total. The Morgan fingerprint density at radius 1 is 0.889 bits per heavy atom. The minimum absolute atomic E-state index is 0.0554. The number of hydrogen-bond acceptors (Lipinski definition) is 2. The van der Waals surface area contributed by atoms with Crippen LogP contribution in [-0.2, 0) is 13.2 Å². The predicted octanol–water partition coefficient (Wildman–Crippen LogP) is 7.11. The van der Waals surface area contributed by atoms with Crippen LogP contribution in [0.25, 0.3) is 10.9 Å². The van der Waals surface area contributed by atoms with Gasteiger partial charge < -0.3 is 14.6 Å². The first kappa shape index (κ1) is 23.3. The van der Waals surface area contributed by atoms with Gasteiger partial charge in [-0.05, 0) is 61.0 Å². The maximum atomic E-state index is 14.1. The molecule has 0 aliphatic rings. The summed E-state index contributed by atoms with van der Waals surface area (Å²) in [6.07, 6.45) is 0. The first-order valence-corrected chi connectivity index (χ1v) is 11.6. The zero-order chi connectivity index (χ0) is 25.1. The highest BCUT2D eigenvalue weighted by molar-refractivity contribution is 6.07. The Bertz CT molecular complexity index is 1520. The summed E-state index contributed by atoms with van der Waals surface area (Å²) >= 11 is 0. The monoisotopic (exact) mass is 482 g/mol. The van der Waals surface area contributed by atoms with Gasteiger partial charge in [0.1, 0.15) is 29.7 Å². The van der Waals surface area contributed by atoms with E-state index < -0.39 is 0 Å². The number of nitrogens with zero attached hydrogens (tertiary/aromatic N) is 1. The summed E-state index contributed by atoms with van der Waals surface area (Å²) in [7, 11) is 0. The molecule has 0 aliphatic carbocycles. The molecule has 0 bridgehead atoms. The van der Waals surface area contributed by atoms with Gasteiger partial charge in [0.15, 0.2) is 0 Å². The van der Waals surface area contributed by atoms with Gasteiger partial charge >= 0.3 is 0 Å². The molecular formula is C30H24F2N2O2. The lowest BCUT2D eigenvalue weighted by molar-refractivity contribution is 0.101. The molecule has 1 amide bonds. The number of nitrogens with one attached hydrogen (secondary N) is 1. The summed E-state index contributed by atoms with van der Waals surface area (Å²) in [5.74, 6) is -0.399. The second-order valence-corrected chi connectivity index (χ2v) is 8.63. The van der Waals surface area contributed by atoms with Crippen molar-refractivity contribution in [3.05, 3.63) is 131 Å². The number of amides is 1. The number of benzene rings is 4. The number of carbonyl (C=O) groups excluding carboxylic acids is 1. The molecule has 0 unspecified atom stereocenters. The van der Waals surface area contributed by atoms with Crippen LogP contribution in [0.2, 0.25) is 0 Å². The molecule has 4 aromatic carbocycles. The Kier molecular flexibility index (Phi) is 6.50. The number of rotatable bonds is 7. The number of fused-ring (bicyclic) bond motifs is 1. The lowest BCUT2D eigenvalue weighted by atomic mass is 10.2. The third-order valence-corrected chi connectivity index (χ3v) is 6.04. The summed E-state index contributed by atoms with van der Waals surface area (Å²) in [5.41, 5.74) is 4.26. The molecule has 0 saturated heterocycles. The molecule has 0 radical (unpaired) electrons. The van der Waals surface area contributed by atoms with E-state index in [-0.39, 0.29) is 24.1 Å². The van der Waals surface area contributed by atoms with Gasteiger partial charge in [-0.3, -0.25) is 4.79 Å². The van der Waals surface area contributed by atoms with Crippen LogP contribution in [0.1, 0.15) is 27.2 Å². The Labute approximate surface area is 207 Å². The molecule has 1 heterocycles. The first-order valence-electron chi connectivity index (χ1n) is 11.6. The van der Waals surface area contributed by atoms with Gasteiger partial charge in [0.2, 0.25) is 0 Å². The van der Waals surface area contributed by atoms with Crippen molar-refractivity contribution in [3.63, 3.8) is 0 Å². The number of halogens is 2. The number of carbonyl (C=O) groups is 1. The van der Waals surface area contributed by atoms with E-state index in [0.29, 0.717) is 29.2 Å². The van der Waals surface area contributed by atoms with Crippen LogP contribution in [-0.4, -0.2) is 10.5 Å². The smallest absolute Gasteiger partial charge is 0.272 e. The molecule has 0 spiro atoms. The average Bonchev–Trinajstić information content (AvgIpc) is 3.25. The maximum Gasteiger partial charge on any atom is 0.272 e. The van der Waals surface area contributed by atoms with E-state index in [2.05, 4.69) is 5.32 Å². The van der Waals surface area contributed by atoms with E-state index in [1.54, 1.807) is 42.5 Å². The second-order valence-electron chi connectivity index (χ2n) is 8.63. The minimum Gasteiger partial charge on any atom is -0.488 e. The van der Waals surface area contributed by atoms with Crippen molar-refractivity contribution in [1.82, 2.24) is 4.57 Å². The highest BCUT2D eigenvalue weighted by Gasteiger charge is 2.19. The summed E-state index contributed by atoms with van der Waals surface area (Å²) in [4.78, 5) is 13.4. The van der Waals surface area contributed by atoms with E-state index >= 15 is 0 Å². The lowest BCUT2D eigenvalue weighted by Gasteiger charge is -2.12. The van der Waals surface area contributed by atoms with Gasteiger partial charge in [-0.2, -0.15) is 0 Å². The molecule has 0 aliphatic heterocycles. The van der Waals surface area contributed by atoms with E-state index in [9.17, 15) is 13.6 Å².